The fourth-order valence-electron chi connectivity index (χ4n) is 1.38. The van der Waals surface area contributed by atoms with Crippen LogP contribution in [0.25, 0.3) is 0 Å². The molecular formula is C11H13F2NO2. The largest absolute Gasteiger partial charge is 0.478 e. The average Bonchev–Trinajstić information content (AvgIpc) is 2.10. The Balaban J connectivity index is 3.17. The summed E-state index contributed by atoms with van der Waals surface area (Å²) in [4.78, 5) is 10.5. The van der Waals surface area contributed by atoms with Crippen LogP contribution in [-0.4, -0.2) is 16.6 Å². The van der Waals surface area contributed by atoms with Crippen LogP contribution in [0, 0.1) is 11.6 Å². The third-order valence-corrected chi connectivity index (χ3v) is 2.04. The lowest BCUT2D eigenvalue weighted by Crippen LogP contribution is -2.34. The van der Waals surface area contributed by atoms with Crippen molar-refractivity contribution in [3.63, 3.8) is 0 Å². The van der Waals surface area contributed by atoms with Gasteiger partial charge in [-0.05, 0) is 31.9 Å². The summed E-state index contributed by atoms with van der Waals surface area (Å²) in [6.07, 6.45) is 0.135. The second-order valence-corrected chi connectivity index (χ2v) is 4.37. The number of benzene rings is 1. The Labute approximate surface area is 91.9 Å². The van der Waals surface area contributed by atoms with Crippen molar-refractivity contribution < 1.29 is 18.7 Å². The molecule has 0 aliphatic carbocycles. The van der Waals surface area contributed by atoms with E-state index in [0.29, 0.717) is 0 Å². The quantitative estimate of drug-likeness (QED) is 0.832. The lowest BCUT2D eigenvalue weighted by atomic mass is 9.95. The highest BCUT2D eigenvalue weighted by Crippen LogP contribution is 2.19. The van der Waals surface area contributed by atoms with Crippen LogP contribution in [0.4, 0.5) is 8.78 Å². The fraction of sp³-hybridized carbons (Fsp3) is 0.364. The molecule has 1 aromatic rings. The second kappa shape index (κ2) is 4.17. The molecule has 1 aromatic carbocycles. The number of halogens is 2. The molecule has 0 atom stereocenters. The monoisotopic (exact) mass is 229 g/mol. The van der Waals surface area contributed by atoms with E-state index in [1.807, 2.05) is 0 Å². The van der Waals surface area contributed by atoms with E-state index in [-0.39, 0.29) is 12.0 Å². The van der Waals surface area contributed by atoms with E-state index in [1.165, 1.54) is 6.07 Å². The molecule has 88 valence electrons. The van der Waals surface area contributed by atoms with Gasteiger partial charge in [0.25, 0.3) is 0 Å². The van der Waals surface area contributed by atoms with Gasteiger partial charge in [0.1, 0.15) is 0 Å². The molecule has 0 saturated carbocycles. The van der Waals surface area contributed by atoms with Crippen molar-refractivity contribution in [1.29, 1.82) is 0 Å². The molecule has 0 aliphatic rings. The van der Waals surface area contributed by atoms with Gasteiger partial charge in [0.15, 0.2) is 11.6 Å². The summed E-state index contributed by atoms with van der Waals surface area (Å²) < 4.78 is 26.8. The Bertz CT molecular complexity index is 425. The maximum absolute atomic E-state index is 13.5. The summed E-state index contributed by atoms with van der Waals surface area (Å²) in [5.41, 5.74) is 4.40. The summed E-state index contributed by atoms with van der Waals surface area (Å²) in [5.74, 6) is -3.97. The molecule has 5 heteroatoms. The van der Waals surface area contributed by atoms with Gasteiger partial charge in [0.2, 0.25) is 0 Å². The van der Waals surface area contributed by atoms with E-state index in [2.05, 4.69) is 0 Å². The summed E-state index contributed by atoms with van der Waals surface area (Å²) in [7, 11) is 0. The van der Waals surface area contributed by atoms with Crippen LogP contribution in [0.3, 0.4) is 0 Å². The van der Waals surface area contributed by atoms with Crippen LogP contribution < -0.4 is 5.73 Å². The highest BCUT2D eigenvalue weighted by Gasteiger charge is 2.21. The molecule has 0 saturated heterocycles. The highest BCUT2D eigenvalue weighted by atomic mass is 19.2. The minimum atomic E-state index is -1.49. The normalized spacial score (nSPS) is 11.6. The minimum absolute atomic E-state index is 0.0787. The number of hydrogen-bond donors (Lipinski definition) is 2. The zero-order valence-electron chi connectivity index (χ0n) is 9.05. The van der Waals surface area contributed by atoms with Crippen molar-refractivity contribution in [3.8, 4) is 0 Å². The molecule has 0 fully saturated rings. The van der Waals surface area contributed by atoms with Crippen molar-refractivity contribution in [1.82, 2.24) is 0 Å². The third-order valence-electron chi connectivity index (χ3n) is 2.04. The summed E-state index contributed by atoms with van der Waals surface area (Å²) >= 11 is 0. The van der Waals surface area contributed by atoms with Crippen LogP contribution >= 0.6 is 0 Å². The first-order valence-electron chi connectivity index (χ1n) is 4.71. The van der Waals surface area contributed by atoms with E-state index in [4.69, 9.17) is 10.8 Å². The maximum atomic E-state index is 13.5. The molecule has 0 radical (unpaired) electrons. The van der Waals surface area contributed by atoms with Gasteiger partial charge in [-0.15, -0.1) is 0 Å². The zero-order chi connectivity index (χ0) is 12.5. The lowest BCUT2D eigenvalue weighted by Gasteiger charge is -2.19. The number of carboxylic acids is 1. The Morgan fingerprint density at radius 1 is 1.38 bits per heavy atom. The Morgan fingerprint density at radius 3 is 2.38 bits per heavy atom. The second-order valence-electron chi connectivity index (χ2n) is 4.37. The standard InChI is InChI=1S/C11H13F2NO2/c1-11(2,14)5-6-3-4-7(10(15)16)9(13)8(6)12/h3-4H,5,14H2,1-2H3,(H,15,16). The number of rotatable bonds is 3. The first-order chi connectivity index (χ1) is 7.22. The van der Waals surface area contributed by atoms with Crippen LogP contribution in [-0.2, 0) is 6.42 Å². The molecule has 0 unspecified atom stereocenters. The number of aromatic carboxylic acids is 1. The number of nitrogens with two attached hydrogens (primary N) is 1. The van der Waals surface area contributed by atoms with Gasteiger partial charge >= 0.3 is 5.97 Å². The molecule has 3 N–H and O–H groups in total. The van der Waals surface area contributed by atoms with Crippen molar-refractivity contribution in [2.45, 2.75) is 25.8 Å². The zero-order valence-corrected chi connectivity index (χ0v) is 9.05. The Morgan fingerprint density at radius 2 is 1.94 bits per heavy atom. The van der Waals surface area contributed by atoms with Crippen molar-refractivity contribution in [3.05, 3.63) is 34.9 Å². The number of carbonyl (C=O) groups is 1. The molecule has 0 spiro atoms. The average molecular weight is 229 g/mol. The molecule has 0 amide bonds. The Kier molecular flexibility index (Phi) is 3.28. The SMILES string of the molecule is CC(C)(N)Cc1ccc(C(=O)O)c(F)c1F. The summed E-state index contributed by atoms with van der Waals surface area (Å²) in [6.45, 7) is 3.35. The molecule has 0 bridgehead atoms. The van der Waals surface area contributed by atoms with Gasteiger partial charge in [-0.25, -0.2) is 13.6 Å². The van der Waals surface area contributed by atoms with Crippen molar-refractivity contribution >= 4 is 5.97 Å². The van der Waals surface area contributed by atoms with E-state index in [1.54, 1.807) is 13.8 Å². The van der Waals surface area contributed by atoms with E-state index in [9.17, 15) is 13.6 Å². The van der Waals surface area contributed by atoms with Crippen LogP contribution in [0.5, 0.6) is 0 Å². The van der Waals surface area contributed by atoms with Gasteiger partial charge in [0.05, 0.1) is 5.56 Å². The summed E-state index contributed by atoms with van der Waals surface area (Å²) in [6, 6.07) is 2.29. The van der Waals surface area contributed by atoms with Gasteiger partial charge in [-0.1, -0.05) is 6.07 Å². The fourth-order valence-corrected chi connectivity index (χ4v) is 1.38. The van der Waals surface area contributed by atoms with Crippen LogP contribution in [0.15, 0.2) is 12.1 Å². The molecule has 16 heavy (non-hydrogen) atoms. The summed E-state index contributed by atoms with van der Waals surface area (Å²) in [5, 5.41) is 8.58. The Hall–Kier alpha value is -1.49. The van der Waals surface area contributed by atoms with E-state index in [0.717, 1.165) is 6.07 Å². The van der Waals surface area contributed by atoms with Crippen LogP contribution in [0.1, 0.15) is 29.8 Å². The van der Waals surface area contributed by atoms with E-state index < -0.39 is 28.7 Å². The highest BCUT2D eigenvalue weighted by molar-refractivity contribution is 5.88. The van der Waals surface area contributed by atoms with Gasteiger partial charge in [-0.2, -0.15) is 0 Å². The minimum Gasteiger partial charge on any atom is -0.478 e. The first-order valence-corrected chi connectivity index (χ1v) is 4.71. The molecule has 0 heterocycles. The van der Waals surface area contributed by atoms with Gasteiger partial charge in [0, 0.05) is 5.54 Å². The molecule has 0 aliphatic heterocycles. The van der Waals surface area contributed by atoms with Crippen LogP contribution in [0.2, 0.25) is 0 Å². The van der Waals surface area contributed by atoms with Crippen molar-refractivity contribution in [2.24, 2.45) is 5.73 Å². The van der Waals surface area contributed by atoms with Gasteiger partial charge in [-0.3, -0.25) is 0 Å². The molecule has 3 nitrogen and oxygen atoms in total. The third kappa shape index (κ3) is 2.76. The number of hydrogen-bond acceptors (Lipinski definition) is 2. The molecule has 0 aromatic heterocycles. The smallest absolute Gasteiger partial charge is 0.338 e. The predicted octanol–water partition coefficient (Wildman–Crippen LogP) is 1.94. The molecular weight excluding hydrogens is 216 g/mol. The van der Waals surface area contributed by atoms with E-state index >= 15 is 0 Å². The predicted molar refractivity (Wildman–Crippen MR) is 55.3 cm³/mol. The molecule has 1 rings (SSSR count). The maximum Gasteiger partial charge on any atom is 0.338 e. The number of carboxylic acid groups (broad SMARTS) is 1. The van der Waals surface area contributed by atoms with Gasteiger partial charge < -0.3 is 10.8 Å². The van der Waals surface area contributed by atoms with Crippen molar-refractivity contribution in [2.75, 3.05) is 0 Å². The lowest BCUT2D eigenvalue weighted by molar-refractivity contribution is 0.0690. The topological polar surface area (TPSA) is 63.3 Å². The first kappa shape index (κ1) is 12.6.